The number of nitrogens with one attached hydrogen (secondary N) is 2. The van der Waals surface area contributed by atoms with E-state index in [2.05, 4.69) is 20.4 Å². The van der Waals surface area contributed by atoms with Crippen LogP contribution in [0.3, 0.4) is 0 Å². The van der Waals surface area contributed by atoms with Crippen molar-refractivity contribution in [3.05, 3.63) is 58.9 Å². The Morgan fingerprint density at radius 3 is 2.55 bits per heavy atom. The van der Waals surface area contributed by atoms with Crippen LogP contribution in [0, 0.1) is 0 Å². The molecule has 0 unspecified atom stereocenters. The van der Waals surface area contributed by atoms with Crippen molar-refractivity contribution >= 4 is 50.0 Å². The van der Waals surface area contributed by atoms with E-state index < -0.39 is 10.2 Å². The Balaban J connectivity index is 1.52. The third-order valence-electron chi connectivity index (χ3n) is 6.17. The number of nitrogens with zero attached hydrogens (tertiary/aromatic N) is 6. The van der Waals surface area contributed by atoms with Crippen molar-refractivity contribution in [1.82, 2.24) is 28.4 Å². The van der Waals surface area contributed by atoms with Crippen molar-refractivity contribution in [3.63, 3.8) is 0 Å². The fraction of sp³-hybridized carbons (Fsp3) is 0.250. The minimum Gasteiger partial charge on any atom is -0.434 e. The summed E-state index contributed by atoms with van der Waals surface area (Å²) < 4.78 is 39.8. The summed E-state index contributed by atoms with van der Waals surface area (Å²) in [6.45, 7) is 2.17. The van der Waals surface area contributed by atoms with Crippen LogP contribution in [0.4, 0.5) is 17.6 Å². The van der Waals surface area contributed by atoms with Crippen molar-refractivity contribution in [2.75, 3.05) is 50.6 Å². The summed E-state index contributed by atoms with van der Waals surface area (Å²) >= 11 is 0. The molecule has 0 radical (unpaired) electrons. The Morgan fingerprint density at radius 1 is 1.05 bits per heavy atom. The van der Waals surface area contributed by atoms with E-state index in [0.717, 1.165) is 14.0 Å². The monoisotopic (exact) mass is 536 g/mol. The van der Waals surface area contributed by atoms with Gasteiger partial charge in [0.25, 0.3) is 5.56 Å². The quantitative estimate of drug-likeness (QED) is 0.330. The van der Waals surface area contributed by atoms with E-state index in [4.69, 9.17) is 14.1 Å². The van der Waals surface area contributed by atoms with Crippen molar-refractivity contribution in [1.29, 1.82) is 0 Å². The van der Waals surface area contributed by atoms with Crippen molar-refractivity contribution in [2.45, 2.75) is 0 Å². The SMILES string of the molecule is CN(C)S(=O)(=O)n1nc(-c2ccccc2)cc1Nc1nc(N2CCOCC2)c2oc3[nH]c(=O)ccc3c2n1. The Kier molecular flexibility index (Phi) is 5.86. The zero-order chi connectivity index (χ0) is 26.4. The predicted octanol–water partition coefficient (Wildman–Crippen LogP) is 2.16. The van der Waals surface area contributed by atoms with Crippen molar-refractivity contribution < 1.29 is 17.6 Å². The summed E-state index contributed by atoms with van der Waals surface area (Å²) in [7, 11) is -1.12. The predicted molar refractivity (Wildman–Crippen MR) is 142 cm³/mol. The van der Waals surface area contributed by atoms with Gasteiger partial charge in [-0.25, -0.2) is 4.98 Å². The minimum absolute atomic E-state index is 0.141. The summed E-state index contributed by atoms with van der Waals surface area (Å²) in [6, 6.07) is 13.9. The molecule has 6 rings (SSSR count). The van der Waals surface area contributed by atoms with Crippen molar-refractivity contribution in [3.8, 4) is 11.3 Å². The lowest BCUT2D eigenvalue weighted by molar-refractivity contribution is 0.122. The smallest absolute Gasteiger partial charge is 0.324 e. The number of H-pyrrole nitrogens is 1. The van der Waals surface area contributed by atoms with Crippen LogP contribution in [-0.4, -0.2) is 77.3 Å². The lowest BCUT2D eigenvalue weighted by atomic mass is 10.2. The molecule has 0 aliphatic carbocycles. The van der Waals surface area contributed by atoms with Gasteiger partial charge in [-0.15, -0.1) is 4.09 Å². The molecular formula is C24H24N8O5S. The van der Waals surface area contributed by atoms with Gasteiger partial charge in [-0.2, -0.15) is 22.8 Å². The van der Waals surface area contributed by atoms with Crippen LogP contribution >= 0.6 is 0 Å². The Bertz CT molecular complexity index is 1800. The number of anilines is 3. The van der Waals surface area contributed by atoms with Gasteiger partial charge in [0.15, 0.2) is 11.4 Å². The van der Waals surface area contributed by atoms with Gasteiger partial charge in [-0.3, -0.25) is 9.78 Å². The summed E-state index contributed by atoms with van der Waals surface area (Å²) in [4.78, 5) is 25.9. The molecule has 5 aromatic rings. The first kappa shape index (κ1) is 24.1. The molecule has 0 bridgehead atoms. The zero-order valence-corrected chi connectivity index (χ0v) is 21.4. The molecule has 4 aromatic heterocycles. The van der Waals surface area contributed by atoms with Gasteiger partial charge in [-0.05, 0) is 6.07 Å². The number of fused-ring (bicyclic) bond motifs is 3. The Morgan fingerprint density at radius 2 is 1.82 bits per heavy atom. The molecular weight excluding hydrogens is 512 g/mol. The van der Waals surface area contributed by atoms with Crippen LogP contribution in [0.15, 0.2) is 57.7 Å². The highest BCUT2D eigenvalue weighted by Gasteiger charge is 2.26. The first-order valence-corrected chi connectivity index (χ1v) is 13.2. The lowest BCUT2D eigenvalue weighted by Gasteiger charge is -2.27. The number of morpholine rings is 1. The largest absolute Gasteiger partial charge is 0.434 e. The molecule has 1 saturated heterocycles. The van der Waals surface area contributed by atoms with Crippen LogP contribution < -0.4 is 15.8 Å². The van der Waals surface area contributed by atoms with Crippen LogP contribution in [0.2, 0.25) is 0 Å². The van der Waals surface area contributed by atoms with E-state index in [1.54, 1.807) is 12.1 Å². The van der Waals surface area contributed by atoms with E-state index in [0.29, 0.717) is 54.3 Å². The number of hydrogen-bond donors (Lipinski definition) is 2. The third kappa shape index (κ3) is 4.17. The average Bonchev–Trinajstić information content (AvgIpc) is 3.51. The number of pyridine rings is 1. The first-order valence-electron chi connectivity index (χ1n) is 11.8. The zero-order valence-electron chi connectivity index (χ0n) is 20.6. The number of aromatic amines is 1. The van der Waals surface area contributed by atoms with E-state index in [1.165, 1.54) is 20.2 Å². The fourth-order valence-electron chi connectivity index (χ4n) is 4.23. The summed E-state index contributed by atoms with van der Waals surface area (Å²) in [6.07, 6.45) is 0. The molecule has 0 amide bonds. The minimum atomic E-state index is -3.98. The van der Waals surface area contributed by atoms with Gasteiger partial charge in [0, 0.05) is 44.9 Å². The lowest BCUT2D eigenvalue weighted by Crippen LogP contribution is -2.37. The third-order valence-corrected chi connectivity index (χ3v) is 7.81. The van der Waals surface area contributed by atoms with Crippen LogP contribution in [0.25, 0.3) is 33.5 Å². The number of ether oxygens (including phenoxy) is 1. The highest BCUT2D eigenvalue weighted by atomic mass is 32.2. The van der Waals surface area contributed by atoms with E-state index in [1.807, 2.05) is 35.2 Å². The number of aromatic nitrogens is 5. The molecule has 5 heterocycles. The molecule has 1 aromatic carbocycles. The maximum absolute atomic E-state index is 13.2. The molecule has 14 heteroatoms. The van der Waals surface area contributed by atoms with Gasteiger partial charge in [0.2, 0.25) is 11.7 Å². The number of hydrogen-bond acceptors (Lipinski definition) is 10. The Labute approximate surface area is 216 Å². The number of rotatable bonds is 6. The average molecular weight is 537 g/mol. The van der Waals surface area contributed by atoms with E-state index in [-0.39, 0.29) is 23.0 Å². The normalized spacial score (nSPS) is 14.6. The van der Waals surface area contributed by atoms with Gasteiger partial charge in [0.1, 0.15) is 11.3 Å². The molecule has 38 heavy (non-hydrogen) atoms. The van der Waals surface area contributed by atoms with Crippen LogP contribution in [0.5, 0.6) is 0 Å². The number of furan rings is 1. The van der Waals surface area contributed by atoms with Gasteiger partial charge in [-0.1, -0.05) is 30.3 Å². The number of benzene rings is 1. The first-order chi connectivity index (χ1) is 18.3. The highest BCUT2D eigenvalue weighted by Crippen LogP contribution is 2.34. The van der Waals surface area contributed by atoms with Gasteiger partial charge in [0.05, 0.1) is 24.3 Å². The fourth-order valence-corrected chi connectivity index (χ4v) is 5.08. The Hall–Kier alpha value is -4.27. The van der Waals surface area contributed by atoms with E-state index >= 15 is 0 Å². The summed E-state index contributed by atoms with van der Waals surface area (Å²) in [5, 5.41) is 8.04. The second kappa shape index (κ2) is 9.24. The molecule has 1 aliphatic heterocycles. The maximum atomic E-state index is 13.2. The van der Waals surface area contributed by atoms with Crippen molar-refractivity contribution in [2.24, 2.45) is 0 Å². The van der Waals surface area contributed by atoms with E-state index in [9.17, 15) is 13.2 Å². The molecule has 196 valence electrons. The van der Waals surface area contributed by atoms with Gasteiger partial charge < -0.3 is 19.4 Å². The molecule has 0 saturated carbocycles. The highest BCUT2D eigenvalue weighted by molar-refractivity contribution is 7.87. The molecule has 0 spiro atoms. The summed E-state index contributed by atoms with van der Waals surface area (Å²) in [5.41, 5.74) is 2.06. The molecule has 13 nitrogen and oxygen atoms in total. The second-order valence-electron chi connectivity index (χ2n) is 8.85. The van der Waals surface area contributed by atoms with Gasteiger partial charge >= 0.3 is 10.2 Å². The standard InChI is InChI=1S/C24H24N8O5S/c1-30(2)38(34,35)32-18(14-17(29-32)15-6-4-3-5-7-15)25-24-27-20-16-8-9-19(33)26-23(16)37-21(20)22(28-24)31-10-12-36-13-11-31/h3-9,14H,10-13H2,1-2H3,(H,26,33)(H,25,27,28). The molecule has 2 N–H and O–H groups in total. The van der Waals surface area contributed by atoms with Crippen LogP contribution in [-0.2, 0) is 14.9 Å². The molecule has 1 aliphatic rings. The molecule has 1 fully saturated rings. The van der Waals surface area contributed by atoms with Crippen LogP contribution in [0.1, 0.15) is 0 Å². The topological polar surface area (TPSA) is 151 Å². The molecule has 0 atom stereocenters. The second-order valence-corrected chi connectivity index (χ2v) is 10.8. The summed E-state index contributed by atoms with van der Waals surface area (Å²) in [5.74, 6) is 0.802. The maximum Gasteiger partial charge on any atom is 0.324 e.